The number of hydrogen-bond acceptors (Lipinski definition) is 3. The first-order valence-electron chi connectivity index (χ1n) is 9.25. The van der Waals surface area contributed by atoms with Crippen LogP contribution in [0.15, 0.2) is 24.3 Å². The van der Waals surface area contributed by atoms with Gasteiger partial charge in [-0.3, -0.25) is 9.59 Å². The van der Waals surface area contributed by atoms with Crippen LogP contribution in [0.1, 0.15) is 57.9 Å². The second-order valence-corrected chi connectivity index (χ2v) is 6.35. The molecule has 0 unspecified atom stereocenters. The molecule has 5 heteroatoms. The molecular weight excluding hydrogens is 316 g/mol. The number of rotatable bonds is 12. The van der Waals surface area contributed by atoms with Crippen molar-refractivity contribution in [2.75, 3.05) is 13.7 Å². The van der Waals surface area contributed by atoms with Gasteiger partial charge in [0.1, 0.15) is 5.75 Å². The summed E-state index contributed by atoms with van der Waals surface area (Å²) in [4.78, 5) is 23.7. The normalized spacial score (nSPS) is 11.6. The summed E-state index contributed by atoms with van der Waals surface area (Å²) in [7, 11) is 1.62. The summed E-state index contributed by atoms with van der Waals surface area (Å²) in [6.07, 6.45) is 5.05. The Hall–Kier alpha value is -2.04. The van der Waals surface area contributed by atoms with Gasteiger partial charge in [0, 0.05) is 25.9 Å². The molecule has 1 rings (SSSR count). The van der Waals surface area contributed by atoms with Gasteiger partial charge >= 0.3 is 0 Å². The van der Waals surface area contributed by atoms with Gasteiger partial charge in [-0.1, -0.05) is 45.2 Å². The molecule has 0 aromatic heterocycles. The number of nitrogens with one attached hydrogen (secondary N) is 2. The largest absolute Gasteiger partial charge is 0.497 e. The topological polar surface area (TPSA) is 67.4 Å². The number of unbranched alkanes of at least 4 members (excludes halogenated alkanes) is 1. The average molecular weight is 348 g/mol. The summed E-state index contributed by atoms with van der Waals surface area (Å²) in [5.74, 6) is 1.17. The van der Waals surface area contributed by atoms with Crippen LogP contribution in [0.5, 0.6) is 5.75 Å². The SMILES string of the molecule is CCCC[C@@H](CC)CNC(=O)CCC(=O)NCc1ccc(OC)cc1. The molecule has 2 N–H and O–H groups in total. The molecule has 0 bridgehead atoms. The van der Waals surface area contributed by atoms with E-state index >= 15 is 0 Å². The molecule has 0 fully saturated rings. The Kier molecular flexibility index (Phi) is 10.4. The molecule has 5 nitrogen and oxygen atoms in total. The van der Waals surface area contributed by atoms with E-state index in [-0.39, 0.29) is 24.7 Å². The van der Waals surface area contributed by atoms with E-state index in [1.54, 1.807) is 7.11 Å². The van der Waals surface area contributed by atoms with E-state index in [1.807, 2.05) is 24.3 Å². The third-order valence-electron chi connectivity index (χ3n) is 4.36. The number of carbonyl (C=O) groups excluding carboxylic acids is 2. The van der Waals surface area contributed by atoms with E-state index in [2.05, 4.69) is 24.5 Å². The van der Waals surface area contributed by atoms with Crippen LogP contribution in [0.3, 0.4) is 0 Å². The Bertz CT molecular complexity index is 514. The van der Waals surface area contributed by atoms with Crippen LogP contribution in [0, 0.1) is 5.92 Å². The first kappa shape index (κ1) is 21.0. The number of benzene rings is 1. The van der Waals surface area contributed by atoms with Gasteiger partial charge < -0.3 is 15.4 Å². The molecule has 1 atom stereocenters. The van der Waals surface area contributed by atoms with Gasteiger partial charge in [-0.05, 0) is 30.0 Å². The summed E-state index contributed by atoms with van der Waals surface area (Å²) in [6, 6.07) is 7.54. The summed E-state index contributed by atoms with van der Waals surface area (Å²) in [5.41, 5.74) is 1.00. The minimum Gasteiger partial charge on any atom is -0.497 e. The smallest absolute Gasteiger partial charge is 0.220 e. The van der Waals surface area contributed by atoms with Gasteiger partial charge in [-0.2, -0.15) is 0 Å². The second-order valence-electron chi connectivity index (χ2n) is 6.35. The minimum atomic E-state index is -0.107. The van der Waals surface area contributed by atoms with Crippen molar-refractivity contribution in [2.45, 2.75) is 58.9 Å². The van der Waals surface area contributed by atoms with E-state index in [1.165, 1.54) is 12.8 Å². The lowest BCUT2D eigenvalue weighted by molar-refractivity contribution is -0.126. The van der Waals surface area contributed by atoms with Crippen LogP contribution in [0.25, 0.3) is 0 Å². The van der Waals surface area contributed by atoms with Gasteiger partial charge in [0.2, 0.25) is 11.8 Å². The fourth-order valence-corrected chi connectivity index (χ4v) is 2.55. The maximum Gasteiger partial charge on any atom is 0.220 e. The molecule has 0 aliphatic rings. The van der Waals surface area contributed by atoms with Gasteiger partial charge in [0.05, 0.1) is 7.11 Å². The van der Waals surface area contributed by atoms with Gasteiger partial charge in [-0.25, -0.2) is 0 Å². The molecule has 0 spiro atoms. The van der Waals surface area contributed by atoms with Gasteiger partial charge in [0.25, 0.3) is 0 Å². The number of carbonyl (C=O) groups is 2. The third-order valence-corrected chi connectivity index (χ3v) is 4.36. The molecular formula is C20H32N2O3. The lowest BCUT2D eigenvalue weighted by atomic mass is 9.99. The first-order chi connectivity index (χ1) is 12.1. The summed E-state index contributed by atoms with van der Waals surface area (Å²) in [5, 5.41) is 5.79. The third kappa shape index (κ3) is 9.13. The highest BCUT2D eigenvalue weighted by atomic mass is 16.5. The van der Waals surface area contributed by atoms with Crippen LogP contribution >= 0.6 is 0 Å². The minimum absolute atomic E-state index is 0.0467. The van der Waals surface area contributed by atoms with Gasteiger partial charge in [0.15, 0.2) is 0 Å². The molecule has 140 valence electrons. The Morgan fingerprint density at radius 1 is 1.04 bits per heavy atom. The van der Waals surface area contributed by atoms with Gasteiger partial charge in [-0.15, -0.1) is 0 Å². The summed E-state index contributed by atoms with van der Waals surface area (Å²) < 4.78 is 5.10. The Morgan fingerprint density at radius 2 is 1.68 bits per heavy atom. The monoisotopic (exact) mass is 348 g/mol. The van der Waals surface area contributed by atoms with Crippen molar-refractivity contribution in [2.24, 2.45) is 5.92 Å². The van der Waals surface area contributed by atoms with Crippen LogP contribution in [0.2, 0.25) is 0 Å². The van der Waals surface area contributed by atoms with Crippen molar-refractivity contribution < 1.29 is 14.3 Å². The highest BCUT2D eigenvalue weighted by Gasteiger charge is 2.10. The van der Waals surface area contributed by atoms with Crippen molar-refractivity contribution >= 4 is 11.8 Å². The summed E-state index contributed by atoms with van der Waals surface area (Å²) >= 11 is 0. The Balaban J connectivity index is 2.20. The number of ether oxygens (including phenoxy) is 1. The zero-order chi connectivity index (χ0) is 18.5. The molecule has 0 radical (unpaired) electrons. The number of methoxy groups -OCH3 is 1. The van der Waals surface area contributed by atoms with Crippen LogP contribution in [0.4, 0.5) is 0 Å². The molecule has 1 aromatic rings. The zero-order valence-corrected chi connectivity index (χ0v) is 15.8. The van der Waals surface area contributed by atoms with E-state index < -0.39 is 0 Å². The summed E-state index contributed by atoms with van der Waals surface area (Å²) in [6.45, 7) is 5.50. The van der Waals surface area contributed by atoms with Crippen LogP contribution in [-0.4, -0.2) is 25.5 Å². The fourth-order valence-electron chi connectivity index (χ4n) is 2.55. The lowest BCUT2D eigenvalue weighted by Crippen LogP contribution is -2.31. The number of hydrogen-bond donors (Lipinski definition) is 2. The first-order valence-corrected chi connectivity index (χ1v) is 9.25. The van der Waals surface area contributed by atoms with Crippen molar-refractivity contribution in [3.05, 3.63) is 29.8 Å². The highest BCUT2D eigenvalue weighted by Crippen LogP contribution is 2.12. The number of amides is 2. The van der Waals surface area contributed by atoms with Crippen molar-refractivity contribution in [1.82, 2.24) is 10.6 Å². The average Bonchev–Trinajstić information content (AvgIpc) is 2.65. The molecule has 1 aromatic carbocycles. The Morgan fingerprint density at radius 3 is 2.24 bits per heavy atom. The van der Waals surface area contributed by atoms with Crippen LogP contribution < -0.4 is 15.4 Å². The van der Waals surface area contributed by atoms with Crippen molar-refractivity contribution in [3.8, 4) is 5.75 Å². The molecule has 2 amide bonds. The quantitative estimate of drug-likeness (QED) is 0.608. The van der Waals surface area contributed by atoms with E-state index in [9.17, 15) is 9.59 Å². The van der Waals surface area contributed by atoms with E-state index in [4.69, 9.17) is 4.74 Å². The molecule has 0 aliphatic carbocycles. The molecule has 0 heterocycles. The fraction of sp³-hybridized carbons (Fsp3) is 0.600. The molecule has 0 saturated carbocycles. The predicted octanol–water partition coefficient (Wildman–Crippen LogP) is 3.42. The maximum absolute atomic E-state index is 11.9. The second kappa shape index (κ2) is 12.3. The van der Waals surface area contributed by atoms with Crippen molar-refractivity contribution in [1.29, 1.82) is 0 Å². The zero-order valence-electron chi connectivity index (χ0n) is 15.8. The molecule has 25 heavy (non-hydrogen) atoms. The molecule has 0 aliphatic heterocycles. The highest BCUT2D eigenvalue weighted by molar-refractivity contribution is 5.83. The standard InChI is InChI=1S/C20H32N2O3/c1-4-6-7-16(5-2)14-21-19(23)12-13-20(24)22-15-17-8-10-18(25-3)11-9-17/h8-11,16H,4-7,12-15H2,1-3H3,(H,21,23)(H,22,24)/t16-/m1/s1. The predicted molar refractivity (Wildman–Crippen MR) is 100 cm³/mol. The van der Waals surface area contributed by atoms with E-state index in [0.717, 1.165) is 24.2 Å². The van der Waals surface area contributed by atoms with Crippen LogP contribution in [-0.2, 0) is 16.1 Å². The maximum atomic E-state index is 11.9. The lowest BCUT2D eigenvalue weighted by Gasteiger charge is -2.15. The Labute approximate surface area is 151 Å². The molecule has 0 saturated heterocycles. The van der Waals surface area contributed by atoms with Crippen molar-refractivity contribution in [3.63, 3.8) is 0 Å². The van der Waals surface area contributed by atoms with E-state index in [0.29, 0.717) is 19.0 Å².